The molecule has 0 aliphatic heterocycles. The van der Waals surface area contributed by atoms with E-state index in [9.17, 15) is 4.79 Å². The van der Waals surface area contributed by atoms with Crippen molar-refractivity contribution in [2.75, 3.05) is 10.6 Å². The quantitative estimate of drug-likeness (QED) is 0.646. The summed E-state index contributed by atoms with van der Waals surface area (Å²) in [4.78, 5) is 22.1. The minimum atomic E-state index is 0.104. The molecule has 5 nitrogen and oxygen atoms in total. The van der Waals surface area contributed by atoms with Gasteiger partial charge >= 0.3 is 0 Å². The van der Waals surface area contributed by atoms with E-state index in [1.807, 2.05) is 36.4 Å². The fraction of sp³-hybridized carbons (Fsp3) is 0.261. The van der Waals surface area contributed by atoms with Gasteiger partial charge in [0.15, 0.2) is 5.78 Å². The van der Waals surface area contributed by atoms with E-state index < -0.39 is 0 Å². The Kier molecular flexibility index (Phi) is 4.82. The molecule has 0 saturated carbocycles. The Morgan fingerprint density at radius 3 is 2.50 bits per heavy atom. The molecule has 28 heavy (non-hydrogen) atoms. The number of rotatable bonds is 4. The number of Topliss-reactive ketones (excluding diaryl/α,β-unsaturated/α-hetero) is 1. The topological polar surface area (TPSA) is 66.9 Å². The number of hydrogen-bond donors (Lipinski definition) is 2. The molecule has 0 saturated heterocycles. The van der Waals surface area contributed by atoms with Gasteiger partial charge in [-0.15, -0.1) is 0 Å². The molecule has 1 unspecified atom stereocenters. The van der Waals surface area contributed by atoms with Crippen LogP contribution >= 0.6 is 0 Å². The Balaban J connectivity index is 1.77. The molecule has 1 aliphatic carbocycles. The van der Waals surface area contributed by atoms with E-state index in [2.05, 4.69) is 53.5 Å². The number of nitrogens with one attached hydrogen (secondary N) is 2. The van der Waals surface area contributed by atoms with Gasteiger partial charge in [-0.1, -0.05) is 42.8 Å². The maximum absolute atomic E-state index is 12.8. The van der Waals surface area contributed by atoms with Gasteiger partial charge < -0.3 is 10.6 Å². The van der Waals surface area contributed by atoms with Gasteiger partial charge in [0.2, 0.25) is 5.95 Å². The SMILES string of the molecule is Cc1ccc(Nc2nc(Nc3ccccc3)nc3c2C(=O)CC(C)C3)c(C)c1. The molecular weight excluding hydrogens is 348 g/mol. The van der Waals surface area contributed by atoms with Crippen molar-refractivity contribution in [2.45, 2.75) is 33.6 Å². The Bertz CT molecular complexity index is 1030. The first-order valence-electron chi connectivity index (χ1n) is 9.60. The highest BCUT2D eigenvalue weighted by atomic mass is 16.1. The number of nitrogens with zero attached hydrogens (tertiary/aromatic N) is 2. The van der Waals surface area contributed by atoms with Crippen LogP contribution in [-0.4, -0.2) is 15.8 Å². The van der Waals surface area contributed by atoms with Crippen LogP contribution in [0.4, 0.5) is 23.1 Å². The predicted octanol–water partition coefficient (Wildman–Crippen LogP) is 5.35. The number of aromatic nitrogens is 2. The first-order valence-corrected chi connectivity index (χ1v) is 9.60. The zero-order valence-corrected chi connectivity index (χ0v) is 16.4. The molecule has 2 aromatic carbocycles. The summed E-state index contributed by atoms with van der Waals surface area (Å²) >= 11 is 0. The number of carbonyl (C=O) groups is 1. The van der Waals surface area contributed by atoms with E-state index in [0.717, 1.165) is 29.1 Å². The molecule has 142 valence electrons. The maximum atomic E-state index is 12.8. The predicted molar refractivity (Wildman–Crippen MR) is 113 cm³/mol. The highest BCUT2D eigenvalue weighted by Gasteiger charge is 2.28. The Hall–Kier alpha value is -3.21. The van der Waals surface area contributed by atoms with Crippen LogP contribution in [-0.2, 0) is 6.42 Å². The average Bonchev–Trinajstić information content (AvgIpc) is 2.64. The maximum Gasteiger partial charge on any atom is 0.229 e. The second kappa shape index (κ2) is 7.43. The fourth-order valence-electron chi connectivity index (χ4n) is 3.65. The largest absolute Gasteiger partial charge is 0.339 e. The van der Waals surface area contributed by atoms with Crippen molar-refractivity contribution in [3.63, 3.8) is 0 Å². The molecule has 1 heterocycles. The highest BCUT2D eigenvalue weighted by molar-refractivity contribution is 6.03. The monoisotopic (exact) mass is 372 g/mol. The lowest BCUT2D eigenvalue weighted by atomic mass is 9.87. The summed E-state index contributed by atoms with van der Waals surface area (Å²) in [6.45, 7) is 6.20. The van der Waals surface area contributed by atoms with Crippen molar-refractivity contribution in [3.05, 3.63) is 70.9 Å². The average molecular weight is 372 g/mol. The summed E-state index contributed by atoms with van der Waals surface area (Å²) < 4.78 is 0. The van der Waals surface area contributed by atoms with Gasteiger partial charge in [-0.3, -0.25) is 4.79 Å². The summed E-state index contributed by atoms with van der Waals surface area (Å²) in [5, 5.41) is 6.65. The van der Waals surface area contributed by atoms with Crippen LogP contribution < -0.4 is 10.6 Å². The first kappa shape index (κ1) is 18.2. The Morgan fingerprint density at radius 1 is 0.964 bits per heavy atom. The second-order valence-electron chi connectivity index (χ2n) is 7.59. The number of para-hydroxylation sites is 1. The van der Waals surface area contributed by atoms with Gasteiger partial charge in [0.25, 0.3) is 0 Å². The van der Waals surface area contributed by atoms with Gasteiger partial charge in [-0.2, -0.15) is 4.98 Å². The number of benzene rings is 2. The summed E-state index contributed by atoms with van der Waals surface area (Å²) in [6.07, 6.45) is 1.30. The molecule has 1 atom stereocenters. The second-order valence-corrected chi connectivity index (χ2v) is 7.59. The minimum absolute atomic E-state index is 0.104. The third-order valence-electron chi connectivity index (χ3n) is 5.00. The van der Waals surface area contributed by atoms with Crippen molar-refractivity contribution in [2.24, 2.45) is 5.92 Å². The van der Waals surface area contributed by atoms with Gasteiger partial charge in [-0.05, 0) is 49.9 Å². The van der Waals surface area contributed by atoms with Crippen LogP contribution in [0.2, 0.25) is 0 Å². The fourth-order valence-corrected chi connectivity index (χ4v) is 3.65. The summed E-state index contributed by atoms with van der Waals surface area (Å²) in [7, 11) is 0. The molecule has 4 rings (SSSR count). The van der Waals surface area contributed by atoms with Crippen LogP contribution in [0.1, 0.15) is 40.5 Å². The van der Waals surface area contributed by atoms with Gasteiger partial charge in [0.1, 0.15) is 5.82 Å². The minimum Gasteiger partial charge on any atom is -0.339 e. The van der Waals surface area contributed by atoms with Gasteiger partial charge in [0.05, 0.1) is 11.3 Å². The van der Waals surface area contributed by atoms with E-state index in [-0.39, 0.29) is 11.7 Å². The van der Waals surface area contributed by atoms with E-state index in [1.165, 1.54) is 5.56 Å². The normalized spacial score (nSPS) is 15.8. The summed E-state index contributed by atoms with van der Waals surface area (Å²) in [6, 6.07) is 16.0. The highest BCUT2D eigenvalue weighted by Crippen LogP contribution is 2.32. The van der Waals surface area contributed by atoms with Crippen molar-refractivity contribution in [3.8, 4) is 0 Å². The van der Waals surface area contributed by atoms with Crippen LogP contribution in [0.3, 0.4) is 0 Å². The van der Waals surface area contributed by atoms with Crippen molar-refractivity contribution >= 4 is 28.9 Å². The molecule has 1 aliphatic rings. The molecule has 0 fully saturated rings. The zero-order valence-electron chi connectivity index (χ0n) is 16.4. The molecular formula is C23H24N4O. The third kappa shape index (κ3) is 3.74. The number of fused-ring (bicyclic) bond motifs is 1. The lowest BCUT2D eigenvalue weighted by molar-refractivity contribution is 0.0953. The van der Waals surface area contributed by atoms with Crippen LogP contribution in [0, 0.1) is 19.8 Å². The molecule has 3 aromatic rings. The van der Waals surface area contributed by atoms with Crippen LogP contribution in [0.5, 0.6) is 0 Å². The summed E-state index contributed by atoms with van der Waals surface area (Å²) in [5.74, 6) is 1.46. The Labute approximate surface area is 165 Å². The zero-order chi connectivity index (χ0) is 19.7. The number of hydrogen-bond acceptors (Lipinski definition) is 5. The van der Waals surface area contributed by atoms with Crippen molar-refractivity contribution in [1.82, 2.24) is 9.97 Å². The van der Waals surface area contributed by atoms with Crippen molar-refractivity contribution < 1.29 is 4.79 Å². The molecule has 0 radical (unpaired) electrons. The van der Waals surface area contributed by atoms with Gasteiger partial charge in [0, 0.05) is 17.8 Å². The summed E-state index contributed by atoms with van der Waals surface area (Å²) in [5.41, 5.74) is 5.60. The third-order valence-corrected chi connectivity index (χ3v) is 5.00. The molecule has 0 spiro atoms. The lowest BCUT2D eigenvalue weighted by Gasteiger charge is -2.23. The standard InChI is InChI=1S/C23H24N4O/c1-14-9-10-18(16(3)11-14)25-22-21-19(12-15(2)13-20(21)28)26-23(27-22)24-17-7-5-4-6-8-17/h4-11,15H,12-13H2,1-3H3,(H2,24,25,26,27). The number of anilines is 4. The number of ketones is 1. The number of aryl methyl sites for hydroxylation is 2. The van der Waals surface area contributed by atoms with Crippen LogP contribution in [0.15, 0.2) is 48.5 Å². The van der Waals surface area contributed by atoms with Gasteiger partial charge in [-0.25, -0.2) is 4.98 Å². The Morgan fingerprint density at radius 2 is 1.75 bits per heavy atom. The number of carbonyl (C=O) groups excluding carboxylic acids is 1. The van der Waals surface area contributed by atoms with Crippen LogP contribution in [0.25, 0.3) is 0 Å². The lowest BCUT2D eigenvalue weighted by Crippen LogP contribution is -2.22. The molecule has 1 aromatic heterocycles. The molecule has 2 N–H and O–H groups in total. The van der Waals surface area contributed by atoms with E-state index in [4.69, 9.17) is 0 Å². The molecule has 0 amide bonds. The van der Waals surface area contributed by atoms with E-state index >= 15 is 0 Å². The smallest absolute Gasteiger partial charge is 0.229 e. The molecule has 5 heteroatoms. The van der Waals surface area contributed by atoms with E-state index in [0.29, 0.717) is 23.8 Å². The van der Waals surface area contributed by atoms with Crippen molar-refractivity contribution in [1.29, 1.82) is 0 Å². The van der Waals surface area contributed by atoms with E-state index in [1.54, 1.807) is 0 Å². The first-order chi connectivity index (χ1) is 13.5. The molecule has 0 bridgehead atoms.